The number of hydrogen-bond acceptors (Lipinski definition) is 3. The summed E-state index contributed by atoms with van der Waals surface area (Å²) < 4.78 is 0. The van der Waals surface area contributed by atoms with Gasteiger partial charge in [-0.2, -0.15) is 0 Å². The van der Waals surface area contributed by atoms with E-state index < -0.39 is 31.1 Å². The van der Waals surface area contributed by atoms with E-state index in [0.29, 0.717) is 0 Å². The zero-order valence-corrected chi connectivity index (χ0v) is 9.91. The van der Waals surface area contributed by atoms with Crippen molar-refractivity contribution in [3.63, 3.8) is 0 Å². The number of nitrogens with zero attached hydrogens (tertiary/aromatic N) is 2. The van der Waals surface area contributed by atoms with Gasteiger partial charge in [0.1, 0.15) is 13.1 Å². The first-order chi connectivity index (χ1) is 8.42. The largest absolute Gasteiger partial charge is 0.480 e. The van der Waals surface area contributed by atoms with Crippen molar-refractivity contribution in [3.8, 4) is 0 Å². The average molecular weight is 256 g/mol. The maximum Gasteiger partial charge on any atom is 0.323 e. The van der Waals surface area contributed by atoms with Crippen LogP contribution in [0.25, 0.3) is 0 Å². The number of amides is 2. The van der Waals surface area contributed by atoms with Crippen LogP contribution in [-0.4, -0.2) is 64.2 Å². The first kappa shape index (κ1) is 15.7. The smallest absolute Gasteiger partial charge is 0.323 e. The lowest BCUT2D eigenvalue weighted by atomic mass is 10.4. The molecule has 0 fully saturated rings. The van der Waals surface area contributed by atoms with Crippen LogP contribution in [0.2, 0.25) is 0 Å². The van der Waals surface area contributed by atoms with Crippen molar-refractivity contribution in [1.29, 1.82) is 0 Å². The standard InChI is InChI=1S/C11H16N2O5/c1-3-5-12(6-4-2)11(18)13(7-9(14)15)8-10(16)17/h3-4H,1-2,5-8H2,(H,14,15)(H,16,17). The van der Waals surface area contributed by atoms with Gasteiger partial charge in [0.2, 0.25) is 0 Å². The molecule has 2 N–H and O–H groups in total. The third-order valence-electron chi connectivity index (χ3n) is 1.89. The second kappa shape index (κ2) is 7.88. The molecule has 0 bridgehead atoms. The molecule has 0 spiro atoms. The van der Waals surface area contributed by atoms with Crippen LogP contribution in [0.15, 0.2) is 25.3 Å². The van der Waals surface area contributed by atoms with E-state index in [1.54, 1.807) is 0 Å². The number of rotatable bonds is 8. The van der Waals surface area contributed by atoms with Gasteiger partial charge in [-0.1, -0.05) is 12.2 Å². The lowest BCUT2D eigenvalue weighted by molar-refractivity contribution is -0.140. The summed E-state index contributed by atoms with van der Waals surface area (Å²) in [5.74, 6) is -2.55. The van der Waals surface area contributed by atoms with Crippen molar-refractivity contribution in [2.45, 2.75) is 0 Å². The average Bonchev–Trinajstić information content (AvgIpc) is 2.25. The topological polar surface area (TPSA) is 98.2 Å². The highest BCUT2D eigenvalue weighted by Gasteiger charge is 2.23. The van der Waals surface area contributed by atoms with Crippen molar-refractivity contribution in [2.75, 3.05) is 26.2 Å². The van der Waals surface area contributed by atoms with Gasteiger partial charge in [0.05, 0.1) is 0 Å². The summed E-state index contributed by atoms with van der Waals surface area (Å²) in [6, 6.07) is -0.681. The summed E-state index contributed by atoms with van der Waals surface area (Å²) in [6.45, 7) is 5.95. The van der Waals surface area contributed by atoms with Crippen LogP contribution < -0.4 is 0 Å². The van der Waals surface area contributed by atoms with Gasteiger partial charge >= 0.3 is 18.0 Å². The molecule has 7 heteroatoms. The van der Waals surface area contributed by atoms with E-state index >= 15 is 0 Å². The molecule has 0 heterocycles. The Labute approximate surface area is 105 Å². The molecule has 7 nitrogen and oxygen atoms in total. The van der Waals surface area contributed by atoms with E-state index in [0.717, 1.165) is 4.90 Å². The summed E-state index contributed by atoms with van der Waals surface area (Å²) in [4.78, 5) is 35.1. The van der Waals surface area contributed by atoms with Crippen LogP contribution in [0.4, 0.5) is 4.79 Å². The molecule has 0 aliphatic heterocycles. The molecule has 0 saturated heterocycles. The van der Waals surface area contributed by atoms with E-state index in [4.69, 9.17) is 10.2 Å². The van der Waals surface area contributed by atoms with Crippen molar-refractivity contribution in [3.05, 3.63) is 25.3 Å². The maximum atomic E-state index is 11.9. The molecule has 0 unspecified atom stereocenters. The first-order valence-electron chi connectivity index (χ1n) is 5.11. The summed E-state index contributed by atoms with van der Waals surface area (Å²) >= 11 is 0. The van der Waals surface area contributed by atoms with E-state index in [9.17, 15) is 14.4 Å². The Hall–Kier alpha value is -2.31. The van der Waals surface area contributed by atoms with Crippen LogP contribution in [0.5, 0.6) is 0 Å². The van der Waals surface area contributed by atoms with Crippen LogP contribution in [0.3, 0.4) is 0 Å². The summed E-state index contributed by atoms with van der Waals surface area (Å²) in [5.41, 5.74) is 0. The Kier molecular flexibility index (Phi) is 6.87. The second-order valence-corrected chi connectivity index (χ2v) is 3.41. The lowest BCUT2D eigenvalue weighted by Crippen LogP contribution is -2.47. The Morgan fingerprint density at radius 1 is 0.889 bits per heavy atom. The van der Waals surface area contributed by atoms with Crippen molar-refractivity contribution in [2.24, 2.45) is 0 Å². The van der Waals surface area contributed by atoms with E-state index in [2.05, 4.69) is 13.2 Å². The number of aliphatic carboxylic acids is 2. The molecule has 0 aromatic heterocycles. The molecule has 0 aliphatic rings. The van der Waals surface area contributed by atoms with Crippen LogP contribution in [0.1, 0.15) is 0 Å². The van der Waals surface area contributed by atoms with E-state index in [1.807, 2.05) is 0 Å². The van der Waals surface area contributed by atoms with Crippen LogP contribution >= 0.6 is 0 Å². The fourth-order valence-electron chi connectivity index (χ4n) is 1.26. The number of urea groups is 1. The fraction of sp³-hybridized carbons (Fsp3) is 0.364. The molecule has 0 aromatic rings. The molecule has 0 aromatic carbocycles. The highest BCUT2D eigenvalue weighted by molar-refractivity contribution is 5.84. The number of carbonyl (C=O) groups excluding carboxylic acids is 1. The van der Waals surface area contributed by atoms with Gasteiger partial charge in [0.25, 0.3) is 0 Å². The Morgan fingerprint density at radius 3 is 1.56 bits per heavy atom. The molecule has 100 valence electrons. The predicted molar refractivity (Wildman–Crippen MR) is 64.2 cm³/mol. The Bertz CT molecular complexity index is 327. The van der Waals surface area contributed by atoms with Gasteiger partial charge in [-0.3, -0.25) is 9.59 Å². The normalized spacial score (nSPS) is 9.33. The molecule has 0 saturated carbocycles. The molecular formula is C11H16N2O5. The Balaban J connectivity index is 4.86. The van der Waals surface area contributed by atoms with Gasteiger partial charge in [-0.25, -0.2) is 4.79 Å². The van der Waals surface area contributed by atoms with Gasteiger partial charge in [0, 0.05) is 13.1 Å². The van der Waals surface area contributed by atoms with E-state index in [-0.39, 0.29) is 13.1 Å². The van der Waals surface area contributed by atoms with Gasteiger partial charge in [-0.15, -0.1) is 13.2 Å². The molecule has 2 amide bonds. The molecule has 0 aliphatic carbocycles. The quantitative estimate of drug-likeness (QED) is 0.607. The third kappa shape index (κ3) is 5.69. The minimum absolute atomic E-state index is 0.181. The van der Waals surface area contributed by atoms with Gasteiger partial charge in [-0.05, 0) is 0 Å². The molecular weight excluding hydrogens is 240 g/mol. The summed E-state index contributed by atoms with van der Waals surface area (Å²) in [6.07, 6.45) is 2.92. The highest BCUT2D eigenvalue weighted by atomic mass is 16.4. The first-order valence-corrected chi connectivity index (χ1v) is 5.11. The van der Waals surface area contributed by atoms with Crippen LogP contribution in [0, 0.1) is 0 Å². The fourth-order valence-corrected chi connectivity index (χ4v) is 1.26. The number of carboxylic acid groups (broad SMARTS) is 2. The second-order valence-electron chi connectivity index (χ2n) is 3.41. The molecule has 18 heavy (non-hydrogen) atoms. The number of carboxylic acids is 2. The number of hydrogen-bond donors (Lipinski definition) is 2. The minimum atomic E-state index is -1.28. The van der Waals surface area contributed by atoms with Crippen LogP contribution in [-0.2, 0) is 9.59 Å². The highest BCUT2D eigenvalue weighted by Crippen LogP contribution is 2.00. The zero-order chi connectivity index (χ0) is 14.1. The summed E-state index contributed by atoms with van der Waals surface area (Å²) in [7, 11) is 0. The van der Waals surface area contributed by atoms with Crippen molar-refractivity contribution >= 4 is 18.0 Å². The third-order valence-corrected chi connectivity index (χ3v) is 1.89. The lowest BCUT2D eigenvalue weighted by Gasteiger charge is -2.27. The monoisotopic (exact) mass is 256 g/mol. The minimum Gasteiger partial charge on any atom is -0.480 e. The predicted octanol–water partition coefficient (Wildman–Crippen LogP) is 0.252. The summed E-state index contributed by atoms with van der Waals surface area (Å²) in [5, 5.41) is 17.3. The zero-order valence-electron chi connectivity index (χ0n) is 9.91. The maximum absolute atomic E-state index is 11.9. The molecule has 0 radical (unpaired) electrons. The molecule has 0 atom stereocenters. The molecule has 0 rings (SSSR count). The van der Waals surface area contributed by atoms with Gasteiger partial charge < -0.3 is 20.0 Å². The van der Waals surface area contributed by atoms with Crippen molar-refractivity contribution in [1.82, 2.24) is 9.80 Å². The van der Waals surface area contributed by atoms with E-state index in [1.165, 1.54) is 17.1 Å². The Morgan fingerprint density at radius 2 is 1.28 bits per heavy atom. The van der Waals surface area contributed by atoms with Crippen molar-refractivity contribution < 1.29 is 24.6 Å². The number of carbonyl (C=O) groups is 3. The van der Waals surface area contributed by atoms with Gasteiger partial charge in [0.15, 0.2) is 0 Å². The SMILES string of the molecule is C=CCN(CC=C)C(=O)N(CC(=O)O)CC(=O)O.